The smallest absolute Gasteiger partial charge is 0.161 e. The number of rotatable bonds is 89. The summed E-state index contributed by atoms with van der Waals surface area (Å²) in [5.41, 5.74) is -0.678. The monoisotopic (exact) mass is 1520 g/mol. The Morgan fingerprint density at radius 3 is 0.814 bits per heavy atom. The van der Waals surface area contributed by atoms with Crippen molar-refractivity contribution in [1.82, 2.24) is 4.98 Å². The van der Waals surface area contributed by atoms with E-state index in [-0.39, 0.29) is 13.2 Å². The first kappa shape index (κ1) is 97.4. The minimum Gasteiger partial charge on any atom is -0.379 e. The van der Waals surface area contributed by atoms with Crippen LogP contribution in [0, 0.1) is 0 Å². The number of ether oxygens (including phenoxy) is 18. The summed E-state index contributed by atoms with van der Waals surface area (Å²) >= 11 is 1.64. The highest BCUT2D eigenvalue weighted by Gasteiger charge is 2.32. The Morgan fingerprint density at radius 2 is 0.539 bits per heavy atom. The number of thiazole rings is 1. The highest BCUT2D eigenvalue weighted by atomic mass is 33.1. The normalized spacial score (nSPS) is 12.4. The lowest BCUT2D eigenvalue weighted by atomic mass is 10.1. The van der Waals surface area contributed by atoms with Gasteiger partial charge in [0.1, 0.15) is 21.1 Å². The van der Waals surface area contributed by atoms with Gasteiger partial charge in [-0.25, -0.2) is 4.98 Å². The highest BCUT2D eigenvalue weighted by Crippen LogP contribution is 2.41. The van der Waals surface area contributed by atoms with Gasteiger partial charge >= 0.3 is 0 Å². The van der Waals surface area contributed by atoms with Crippen molar-refractivity contribution >= 4 is 53.4 Å². The van der Waals surface area contributed by atoms with Gasteiger partial charge in [0.2, 0.25) is 0 Å². The summed E-state index contributed by atoms with van der Waals surface area (Å²) in [7, 11) is 7.02. The third-order valence-electron chi connectivity index (χ3n) is 16.7. The van der Waals surface area contributed by atoms with Gasteiger partial charge in [-0.3, -0.25) is 0 Å². The number of unbranched alkanes of at least 4 members (excludes halogenated alkanes) is 30. The molecule has 599 valence electrons. The molecule has 0 spiro atoms. The van der Waals surface area contributed by atoms with E-state index in [4.69, 9.17) is 90.2 Å². The molecule has 0 fully saturated rings. The van der Waals surface area contributed by atoms with Crippen molar-refractivity contribution in [3.63, 3.8) is 0 Å². The summed E-state index contributed by atoms with van der Waals surface area (Å²) in [6, 6.07) is 8.14. The average Bonchev–Trinajstić information content (AvgIpc) is 1.67. The van der Waals surface area contributed by atoms with Gasteiger partial charge in [0.15, 0.2) is 4.34 Å². The molecule has 0 amide bonds. The van der Waals surface area contributed by atoms with E-state index in [9.17, 15) is 0 Å². The molecule has 1 unspecified atom stereocenters. The predicted octanol–water partition coefficient (Wildman–Crippen LogP) is 17.8. The number of para-hydroxylation sites is 1. The van der Waals surface area contributed by atoms with Crippen molar-refractivity contribution in [3.05, 3.63) is 24.3 Å². The fraction of sp³-hybridized carbons (Fsp3) is 0.911. The summed E-state index contributed by atoms with van der Waals surface area (Å²) < 4.78 is 108. The summed E-state index contributed by atoms with van der Waals surface area (Å²) in [5, 5.41) is 0. The first-order valence-electron chi connectivity index (χ1n) is 40.6. The molecule has 2 aromatic rings. The summed E-state index contributed by atoms with van der Waals surface area (Å²) in [6.07, 6.45) is 44.3. The second-order valence-corrected chi connectivity index (χ2v) is 30.3. The van der Waals surface area contributed by atoms with E-state index in [1.165, 1.54) is 193 Å². The summed E-state index contributed by atoms with van der Waals surface area (Å²) in [5.74, 6) is 0. The Bertz CT molecular complexity index is 1840. The lowest BCUT2D eigenvalue weighted by Crippen LogP contribution is -2.42. The Labute approximate surface area is 636 Å². The fourth-order valence-electron chi connectivity index (χ4n) is 10.8. The molecule has 1 atom stereocenters. The van der Waals surface area contributed by atoms with E-state index in [2.05, 4.69) is 37.1 Å². The van der Waals surface area contributed by atoms with Crippen molar-refractivity contribution < 1.29 is 85.3 Å². The number of benzene rings is 1. The molecule has 1 heterocycles. The minimum atomic E-state index is -1.24. The van der Waals surface area contributed by atoms with E-state index in [1.54, 1.807) is 32.9 Å². The molecule has 3 radical (unpaired) electrons. The molecule has 0 saturated carbocycles. The van der Waals surface area contributed by atoms with Crippen molar-refractivity contribution in [2.75, 3.05) is 218 Å². The first-order chi connectivity index (χ1) is 50.6. The topological polar surface area (TPSA) is 179 Å². The fourth-order valence-corrected chi connectivity index (χ4v) is 14.9. The lowest BCUT2D eigenvalue weighted by molar-refractivity contribution is -0.202. The predicted molar refractivity (Wildman–Crippen MR) is 419 cm³/mol. The maximum absolute atomic E-state index is 6.50. The van der Waals surface area contributed by atoms with Crippen LogP contribution >= 0.6 is 32.9 Å². The molecule has 19 nitrogen and oxygen atoms in total. The van der Waals surface area contributed by atoms with Crippen LogP contribution < -0.4 is 0 Å². The average molecular weight is 1520 g/mol. The molecule has 0 aliphatic rings. The molecule has 1 aromatic carbocycles. The maximum Gasteiger partial charge on any atom is 0.161 e. The van der Waals surface area contributed by atoms with Crippen LogP contribution in [0.4, 0.5) is 0 Å². The number of hydrogen-bond acceptors (Lipinski definition) is 22. The van der Waals surface area contributed by atoms with Gasteiger partial charge in [0, 0.05) is 26.2 Å². The zero-order valence-electron chi connectivity index (χ0n) is 64.8. The molecular formula is C79H148NO18S3Si. The van der Waals surface area contributed by atoms with Crippen LogP contribution in [-0.4, -0.2) is 244 Å². The standard InChI is InChI=1S/C79H148NO18S3Si/c1-4-7-10-13-16-19-22-25-28-31-36-41-81-44-47-84-50-53-87-56-59-90-62-65-93-68-71-96-77(100-101-78-80-75-39-34-35-40-76(75)99-78)74-79(102,97-72-69-94-66-63-91-60-57-88-54-51-85-48-45-82-42-37-32-29-26-23-20-17-14-11-8-5-2)98-73-70-95-67-64-92-61-58-89-55-52-86-49-46-83-43-38-33-30-27-24-21-18-15-12-9-6-3/h34-35,39-40,77H,4-33,36-38,41-74H2,1-3H3. The molecular weight excluding hydrogens is 1380 g/mol. The second-order valence-electron chi connectivity index (χ2n) is 25.9. The van der Waals surface area contributed by atoms with Gasteiger partial charge in [-0.15, -0.1) is 11.3 Å². The van der Waals surface area contributed by atoms with Crippen LogP contribution in [0.15, 0.2) is 28.6 Å². The Balaban J connectivity index is 1.68. The van der Waals surface area contributed by atoms with Crippen molar-refractivity contribution in [2.24, 2.45) is 0 Å². The Hall–Kier alpha value is -0.693. The van der Waals surface area contributed by atoms with E-state index < -0.39 is 10.8 Å². The zero-order chi connectivity index (χ0) is 72.6. The third-order valence-corrected chi connectivity index (χ3v) is 21.1. The Kier molecular flexibility index (Phi) is 77.6. The van der Waals surface area contributed by atoms with Crippen LogP contribution in [0.3, 0.4) is 0 Å². The first-order valence-corrected chi connectivity index (χ1v) is 44.1. The van der Waals surface area contributed by atoms with Crippen molar-refractivity contribution in [2.45, 2.75) is 254 Å². The number of nitrogens with zero attached hydrogens (tertiary/aromatic N) is 1. The molecule has 0 aliphatic heterocycles. The van der Waals surface area contributed by atoms with Gasteiger partial charge in [-0.1, -0.05) is 236 Å². The van der Waals surface area contributed by atoms with Crippen LogP contribution in [-0.2, 0) is 85.3 Å². The molecule has 0 aliphatic carbocycles. The van der Waals surface area contributed by atoms with Crippen molar-refractivity contribution in [1.29, 1.82) is 0 Å². The van der Waals surface area contributed by atoms with Crippen LogP contribution in [0.2, 0.25) is 0 Å². The summed E-state index contributed by atoms with van der Waals surface area (Å²) in [6.45, 7) is 23.1. The van der Waals surface area contributed by atoms with Crippen LogP contribution in [0.25, 0.3) is 10.2 Å². The van der Waals surface area contributed by atoms with Crippen LogP contribution in [0.1, 0.15) is 239 Å². The second kappa shape index (κ2) is 81.3. The maximum atomic E-state index is 6.50. The van der Waals surface area contributed by atoms with Gasteiger partial charge < -0.3 is 85.3 Å². The third kappa shape index (κ3) is 69.7. The van der Waals surface area contributed by atoms with Crippen molar-refractivity contribution in [3.8, 4) is 0 Å². The molecule has 0 saturated heterocycles. The lowest BCUT2D eigenvalue weighted by Gasteiger charge is -2.33. The van der Waals surface area contributed by atoms with E-state index in [1.807, 2.05) is 18.2 Å². The Morgan fingerprint density at radius 1 is 0.304 bits per heavy atom. The molecule has 0 N–H and O–H groups in total. The number of fused-ring (bicyclic) bond motifs is 1. The van der Waals surface area contributed by atoms with Gasteiger partial charge in [-0.05, 0) is 42.2 Å². The van der Waals surface area contributed by atoms with E-state index in [0.29, 0.717) is 191 Å². The SMILES string of the molecule is CCCCCCCCCCCCCOCCOCCOCCOCCOCCOC(CC([Si])(OCCOCCOCCOCCOCCOCCCCCCCCCCCCC)OCCOCCOCCOCCOCCOCCCCCCCCCCCCC)SSc1nc2ccccc2s1. The minimum absolute atomic E-state index is 0.243. The van der Waals surface area contributed by atoms with Crippen LogP contribution in [0.5, 0.6) is 0 Å². The summed E-state index contributed by atoms with van der Waals surface area (Å²) in [4.78, 5) is 4.85. The van der Waals surface area contributed by atoms with Gasteiger partial charge in [-0.2, -0.15) is 0 Å². The molecule has 102 heavy (non-hydrogen) atoms. The number of hydrogen-bond donors (Lipinski definition) is 0. The largest absolute Gasteiger partial charge is 0.379 e. The number of aromatic nitrogens is 1. The molecule has 2 rings (SSSR count). The quantitative estimate of drug-likeness (QED) is 0.0264. The highest BCUT2D eigenvalue weighted by molar-refractivity contribution is 8.77. The molecule has 0 bridgehead atoms. The zero-order valence-corrected chi connectivity index (χ0v) is 68.2. The molecule has 1 aromatic heterocycles. The molecule has 23 heteroatoms. The van der Waals surface area contributed by atoms with E-state index in [0.717, 1.165) is 53.6 Å². The van der Waals surface area contributed by atoms with E-state index >= 15 is 0 Å². The van der Waals surface area contributed by atoms with Gasteiger partial charge in [0.05, 0.1) is 208 Å². The van der Waals surface area contributed by atoms with Gasteiger partial charge in [0.25, 0.3) is 0 Å².